The van der Waals surface area contributed by atoms with Gasteiger partial charge in [-0.05, 0) is 23.6 Å². The highest BCUT2D eigenvalue weighted by molar-refractivity contribution is 9.10. The summed E-state index contributed by atoms with van der Waals surface area (Å²) in [5.74, 6) is 0.873. The third-order valence-corrected chi connectivity index (χ3v) is 4.09. The standard InChI is InChI=1S/C14H13BrO4S/c1-17-12-5-10(11(15)6-13(12)18-2)7-19-14(16)9-3-4-20-8-9/h3-6,8H,7H2,1-2H3. The summed E-state index contributed by atoms with van der Waals surface area (Å²) in [6, 6.07) is 5.30. The van der Waals surface area contributed by atoms with Crippen molar-refractivity contribution < 1.29 is 19.0 Å². The van der Waals surface area contributed by atoms with E-state index in [4.69, 9.17) is 14.2 Å². The normalized spacial score (nSPS) is 10.2. The Hall–Kier alpha value is -1.53. The highest BCUT2D eigenvalue weighted by atomic mass is 79.9. The summed E-state index contributed by atoms with van der Waals surface area (Å²) in [7, 11) is 3.13. The molecule has 0 aliphatic heterocycles. The molecule has 1 heterocycles. The molecule has 1 aromatic heterocycles. The van der Waals surface area contributed by atoms with Gasteiger partial charge >= 0.3 is 5.97 Å². The Labute approximate surface area is 129 Å². The van der Waals surface area contributed by atoms with Gasteiger partial charge < -0.3 is 14.2 Å². The molecule has 1 aromatic carbocycles. The number of methoxy groups -OCH3 is 2. The van der Waals surface area contributed by atoms with Crippen LogP contribution in [-0.2, 0) is 11.3 Å². The lowest BCUT2D eigenvalue weighted by molar-refractivity contribution is 0.0472. The van der Waals surface area contributed by atoms with E-state index in [1.165, 1.54) is 11.3 Å². The Morgan fingerprint density at radius 1 is 1.25 bits per heavy atom. The van der Waals surface area contributed by atoms with Crippen molar-refractivity contribution in [1.29, 1.82) is 0 Å². The van der Waals surface area contributed by atoms with Crippen molar-refractivity contribution in [2.24, 2.45) is 0 Å². The highest BCUT2D eigenvalue weighted by Crippen LogP contribution is 2.33. The number of carbonyl (C=O) groups excluding carboxylic acids is 1. The van der Waals surface area contributed by atoms with E-state index in [0.717, 1.165) is 10.0 Å². The van der Waals surface area contributed by atoms with Crippen molar-refractivity contribution in [1.82, 2.24) is 0 Å². The lowest BCUT2D eigenvalue weighted by atomic mass is 10.2. The predicted octanol–water partition coefficient (Wildman–Crippen LogP) is 3.88. The van der Waals surface area contributed by atoms with Gasteiger partial charge in [-0.2, -0.15) is 11.3 Å². The van der Waals surface area contributed by atoms with Crippen LogP contribution < -0.4 is 9.47 Å². The lowest BCUT2D eigenvalue weighted by Crippen LogP contribution is -2.04. The molecule has 0 fully saturated rings. The SMILES string of the molecule is COc1cc(Br)c(COC(=O)c2ccsc2)cc1OC. The van der Waals surface area contributed by atoms with Crippen LogP contribution in [0.2, 0.25) is 0 Å². The minimum absolute atomic E-state index is 0.162. The molecule has 106 valence electrons. The van der Waals surface area contributed by atoms with Crippen LogP contribution in [0.1, 0.15) is 15.9 Å². The molecule has 6 heteroatoms. The van der Waals surface area contributed by atoms with E-state index in [9.17, 15) is 4.79 Å². The summed E-state index contributed by atoms with van der Waals surface area (Å²) in [4.78, 5) is 11.8. The largest absolute Gasteiger partial charge is 0.493 e. The summed E-state index contributed by atoms with van der Waals surface area (Å²) in [5, 5.41) is 3.59. The first-order valence-electron chi connectivity index (χ1n) is 5.75. The summed E-state index contributed by atoms with van der Waals surface area (Å²) in [6.45, 7) is 0.162. The number of benzene rings is 1. The molecule has 0 spiro atoms. The molecular formula is C14H13BrO4S. The summed E-state index contributed by atoms with van der Waals surface area (Å²) >= 11 is 4.88. The molecule has 0 unspecified atom stereocenters. The third-order valence-electron chi connectivity index (χ3n) is 2.67. The van der Waals surface area contributed by atoms with Crippen LogP contribution in [0.4, 0.5) is 0 Å². The smallest absolute Gasteiger partial charge is 0.339 e. The fraction of sp³-hybridized carbons (Fsp3) is 0.214. The van der Waals surface area contributed by atoms with Gasteiger partial charge in [-0.1, -0.05) is 15.9 Å². The van der Waals surface area contributed by atoms with Gasteiger partial charge in [0.25, 0.3) is 0 Å². The molecule has 0 amide bonds. The molecule has 20 heavy (non-hydrogen) atoms. The molecule has 2 aromatic rings. The number of halogens is 1. The maximum Gasteiger partial charge on any atom is 0.339 e. The van der Waals surface area contributed by atoms with Crippen LogP contribution >= 0.6 is 27.3 Å². The van der Waals surface area contributed by atoms with Gasteiger partial charge in [0.2, 0.25) is 0 Å². The van der Waals surface area contributed by atoms with Crippen molar-refractivity contribution in [2.75, 3.05) is 14.2 Å². The molecule has 4 nitrogen and oxygen atoms in total. The molecule has 0 saturated heterocycles. The summed E-state index contributed by atoms with van der Waals surface area (Å²) in [6.07, 6.45) is 0. The van der Waals surface area contributed by atoms with Crippen molar-refractivity contribution in [3.8, 4) is 11.5 Å². The van der Waals surface area contributed by atoms with Gasteiger partial charge in [0.05, 0.1) is 19.8 Å². The Morgan fingerprint density at radius 3 is 2.55 bits per heavy atom. The minimum atomic E-state index is -0.340. The van der Waals surface area contributed by atoms with Crippen LogP contribution in [0.15, 0.2) is 33.4 Å². The van der Waals surface area contributed by atoms with Gasteiger partial charge in [0.1, 0.15) is 6.61 Å². The second-order valence-electron chi connectivity index (χ2n) is 3.89. The van der Waals surface area contributed by atoms with Crippen LogP contribution in [0.3, 0.4) is 0 Å². The van der Waals surface area contributed by atoms with E-state index in [2.05, 4.69) is 15.9 Å². The number of ether oxygens (including phenoxy) is 3. The van der Waals surface area contributed by atoms with Crippen LogP contribution in [0, 0.1) is 0 Å². The van der Waals surface area contributed by atoms with E-state index >= 15 is 0 Å². The first-order chi connectivity index (χ1) is 9.65. The van der Waals surface area contributed by atoms with E-state index in [-0.39, 0.29) is 12.6 Å². The Morgan fingerprint density at radius 2 is 1.95 bits per heavy atom. The fourth-order valence-electron chi connectivity index (χ4n) is 1.61. The number of carbonyl (C=O) groups is 1. The van der Waals surface area contributed by atoms with E-state index in [1.54, 1.807) is 37.8 Å². The first kappa shape index (κ1) is 14.9. The molecule has 0 N–H and O–H groups in total. The maximum atomic E-state index is 11.8. The highest BCUT2D eigenvalue weighted by Gasteiger charge is 2.12. The lowest BCUT2D eigenvalue weighted by Gasteiger charge is -2.12. The molecule has 0 aliphatic rings. The molecule has 0 radical (unpaired) electrons. The van der Waals surface area contributed by atoms with Gasteiger partial charge in [0.15, 0.2) is 11.5 Å². The second-order valence-corrected chi connectivity index (χ2v) is 5.52. The second kappa shape index (κ2) is 6.76. The molecule has 2 rings (SSSR count). The van der Waals surface area contributed by atoms with Crippen molar-refractivity contribution in [3.63, 3.8) is 0 Å². The van der Waals surface area contributed by atoms with E-state index < -0.39 is 0 Å². The zero-order valence-electron chi connectivity index (χ0n) is 11.0. The number of esters is 1. The van der Waals surface area contributed by atoms with Crippen LogP contribution in [-0.4, -0.2) is 20.2 Å². The maximum absolute atomic E-state index is 11.8. The number of hydrogen-bond donors (Lipinski definition) is 0. The molecule has 0 aliphatic carbocycles. The molecule has 0 atom stereocenters. The predicted molar refractivity (Wildman–Crippen MR) is 80.7 cm³/mol. The van der Waals surface area contributed by atoms with E-state index in [0.29, 0.717) is 17.1 Å². The first-order valence-corrected chi connectivity index (χ1v) is 7.49. The Balaban J connectivity index is 2.11. The number of hydrogen-bond acceptors (Lipinski definition) is 5. The van der Waals surface area contributed by atoms with Gasteiger partial charge in [-0.25, -0.2) is 4.79 Å². The van der Waals surface area contributed by atoms with Gasteiger partial charge in [-0.3, -0.25) is 0 Å². The molecule has 0 saturated carbocycles. The average molecular weight is 357 g/mol. The molecule has 0 bridgehead atoms. The Kier molecular flexibility index (Phi) is 5.03. The average Bonchev–Trinajstić information content (AvgIpc) is 2.99. The zero-order chi connectivity index (χ0) is 14.5. The van der Waals surface area contributed by atoms with Crippen LogP contribution in [0.5, 0.6) is 11.5 Å². The van der Waals surface area contributed by atoms with Crippen LogP contribution in [0.25, 0.3) is 0 Å². The minimum Gasteiger partial charge on any atom is -0.493 e. The fourth-order valence-corrected chi connectivity index (χ4v) is 2.68. The Bertz CT molecular complexity index is 595. The quantitative estimate of drug-likeness (QED) is 0.762. The van der Waals surface area contributed by atoms with E-state index in [1.807, 2.05) is 5.38 Å². The topological polar surface area (TPSA) is 44.8 Å². The number of thiophene rings is 1. The van der Waals surface area contributed by atoms with Gasteiger partial charge in [-0.15, -0.1) is 0 Å². The van der Waals surface area contributed by atoms with Crippen molar-refractivity contribution in [2.45, 2.75) is 6.61 Å². The van der Waals surface area contributed by atoms with Crippen molar-refractivity contribution in [3.05, 3.63) is 44.6 Å². The molecular weight excluding hydrogens is 344 g/mol. The third kappa shape index (κ3) is 3.32. The number of rotatable bonds is 5. The summed E-state index contributed by atoms with van der Waals surface area (Å²) in [5.41, 5.74) is 1.37. The van der Waals surface area contributed by atoms with Crippen molar-refractivity contribution >= 4 is 33.2 Å². The zero-order valence-corrected chi connectivity index (χ0v) is 13.4. The summed E-state index contributed by atoms with van der Waals surface area (Å²) < 4.78 is 16.5. The van der Waals surface area contributed by atoms with Gasteiger partial charge in [0, 0.05) is 15.4 Å². The monoisotopic (exact) mass is 356 g/mol.